The molecule has 0 N–H and O–H groups in total. The maximum atomic E-state index is 13.8. The van der Waals surface area contributed by atoms with Gasteiger partial charge in [0.15, 0.2) is 5.69 Å². The predicted octanol–water partition coefficient (Wildman–Crippen LogP) is 2.97. The minimum atomic E-state index is -0.528. The molecule has 0 spiro atoms. The molecule has 0 atom stereocenters. The number of nitrogens with zero attached hydrogens (tertiary/aromatic N) is 3. The Morgan fingerprint density at radius 1 is 1.48 bits per heavy atom. The summed E-state index contributed by atoms with van der Waals surface area (Å²) in [6.07, 6.45) is 1.44. The second-order valence-corrected chi connectivity index (χ2v) is 5.44. The minimum absolute atomic E-state index is 0.190. The Hall–Kier alpha value is -1.76. The number of methoxy groups -OCH3 is 1. The highest BCUT2D eigenvalue weighted by molar-refractivity contribution is 9.10. The zero-order valence-electron chi connectivity index (χ0n) is 11.8. The number of ether oxygens (including phenoxy) is 1. The largest absolute Gasteiger partial charge is 0.464 e. The fourth-order valence-electron chi connectivity index (χ4n) is 2.03. The van der Waals surface area contributed by atoms with E-state index in [-0.39, 0.29) is 18.1 Å². The highest BCUT2D eigenvalue weighted by Crippen LogP contribution is 2.18. The molecular formula is C14H15BrFN3O2. The zero-order valence-corrected chi connectivity index (χ0v) is 13.4. The Morgan fingerprint density at radius 2 is 2.24 bits per heavy atom. The van der Waals surface area contributed by atoms with Gasteiger partial charge in [-0.25, -0.2) is 13.9 Å². The summed E-state index contributed by atoms with van der Waals surface area (Å²) in [5, 5.41) is 7.81. The summed E-state index contributed by atoms with van der Waals surface area (Å²) >= 11 is 3.31. The van der Waals surface area contributed by atoms with Gasteiger partial charge in [0.1, 0.15) is 5.82 Å². The van der Waals surface area contributed by atoms with Crippen LogP contribution in [-0.2, 0) is 17.7 Å². The van der Waals surface area contributed by atoms with Crippen molar-refractivity contribution < 1.29 is 13.9 Å². The monoisotopic (exact) mass is 355 g/mol. The molecule has 0 fully saturated rings. The van der Waals surface area contributed by atoms with Crippen LogP contribution in [0.3, 0.4) is 0 Å². The number of benzene rings is 1. The van der Waals surface area contributed by atoms with Crippen LogP contribution < -0.4 is 0 Å². The average Bonchev–Trinajstić information content (AvgIpc) is 2.85. The van der Waals surface area contributed by atoms with Crippen LogP contribution in [0.4, 0.5) is 4.39 Å². The zero-order chi connectivity index (χ0) is 15.4. The van der Waals surface area contributed by atoms with Crippen molar-refractivity contribution in [3.05, 3.63) is 45.4 Å². The van der Waals surface area contributed by atoms with Crippen molar-refractivity contribution >= 4 is 21.9 Å². The van der Waals surface area contributed by atoms with E-state index in [0.717, 1.165) is 10.9 Å². The minimum Gasteiger partial charge on any atom is -0.464 e. The summed E-state index contributed by atoms with van der Waals surface area (Å²) in [6, 6.07) is 4.70. The van der Waals surface area contributed by atoms with E-state index in [1.165, 1.54) is 13.2 Å². The number of halogens is 2. The van der Waals surface area contributed by atoms with E-state index in [0.29, 0.717) is 17.7 Å². The molecule has 0 aliphatic rings. The molecule has 0 radical (unpaired) electrons. The summed E-state index contributed by atoms with van der Waals surface area (Å²) in [7, 11) is 1.30. The van der Waals surface area contributed by atoms with Gasteiger partial charge in [-0.05, 0) is 24.6 Å². The molecule has 7 heteroatoms. The number of esters is 1. The van der Waals surface area contributed by atoms with Gasteiger partial charge in [-0.15, -0.1) is 5.10 Å². The van der Waals surface area contributed by atoms with Gasteiger partial charge in [0.2, 0.25) is 0 Å². The number of hydrogen-bond acceptors (Lipinski definition) is 4. The Kier molecular flexibility index (Phi) is 5.06. The normalized spacial score (nSPS) is 10.7. The molecule has 0 aliphatic carbocycles. The maximum absolute atomic E-state index is 13.8. The molecule has 1 aromatic carbocycles. The van der Waals surface area contributed by atoms with E-state index < -0.39 is 5.97 Å². The lowest BCUT2D eigenvalue weighted by Crippen LogP contribution is -2.11. The standard InChI is InChI=1S/C14H15BrFN3O2/c1-3-4-12-13(14(20)21-2)17-18-19(12)8-9-7-10(15)5-6-11(9)16/h5-7H,3-4,8H2,1-2H3. The summed E-state index contributed by atoms with van der Waals surface area (Å²) in [4.78, 5) is 11.7. The Bertz CT molecular complexity index is 658. The van der Waals surface area contributed by atoms with Crippen LogP contribution in [0.15, 0.2) is 22.7 Å². The van der Waals surface area contributed by atoms with Gasteiger partial charge >= 0.3 is 5.97 Å². The summed E-state index contributed by atoms with van der Waals surface area (Å²) in [5.41, 5.74) is 1.32. The highest BCUT2D eigenvalue weighted by atomic mass is 79.9. The number of rotatable bonds is 5. The van der Waals surface area contributed by atoms with Crippen LogP contribution in [0, 0.1) is 5.82 Å². The van der Waals surface area contributed by atoms with Crippen LogP contribution in [0.1, 0.15) is 35.1 Å². The molecule has 0 bridgehead atoms. The molecule has 0 saturated carbocycles. The quantitative estimate of drug-likeness (QED) is 0.773. The van der Waals surface area contributed by atoms with Gasteiger partial charge in [0.05, 0.1) is 19.3 Å². The van der Waals surface area contributed by atoms with Gasteiger partial charge in [0, 0.05) is 10.0 Å². The second-order valence-electron chi connectivity index (χ2n) is 4.52. The van der Waals surface area contributed by atoms with Crippen molar-refractivity contribution in [2.24, 2.45) is 0 Å². The summed E-state index contributed by atoms with van der Waals surface area (Å²) in [6.45, 7) is 2.20. The third-order valence-electron chi connectivity index (χ3n) is 3.03. The van der Waals surface area contributed by atoms with Crippen LogP contribution in [0.5, 0.6) is 0 Å². The van der Waals surface area contributed by atoms with E-state index in [9.17, 15) is 9.18 Å². The van der Waals surface area contributed by atoms with Crippen LogP contribution in [-0.4, -0.2) is 28.1 Å². The lowest BCUT2D eigenvalue weighted by molar-refractivity contribution is 0.0592. The smallest absolute Gasteiger partial charge is 0.360 e. The first-order chi connectivity index (χ1) is 10.1. The fourth-order valence-corrected chi connectivity index (χ4v) is 2.43. The first kappa shape index (κ1) is 15.6. The van der Waals surface area contributed by atoms with E-state index in [4.69, 9.17) is 4.74 Å². The van der Waals surface area contributed by atoms with Crippen LogP contribution in [0.25, 0.3) is 0 Å². The fraction of sp³-hybridized carbons (Fsp3) is 0.357. The lowest BCUT2D eigenvalue weighted by Gasteiger charge is -2.08. The first-order valence-electron chi connectivity index (χ1n) is 6.51. The van der Waals surface area contributed by atoms with Crippen molar-refractivity contribution in [3.8, 4) is 0 Å². The molecule has 21 heavy (non-hydrogen) atoms. The third-order valence-corrected chi connectivity index (χ3v) is 3.52. The topological polar surface area (TPSA) is 57.0 Å². The highest BCUT2D eigenvalue weighted by Gasteiger charge is 2.20. The molecule has 2 aromatic rings. The number of hydrogen-bond donors (Lipinski definition) is 0. The van der Waals surface area contributed by atoms with Crippen LogP contribution in [0.2, 0.25) is 0 Å². The average molecular weight is 356 g/mol. The summed E-state index contributed by atoms with van der Waals surface area (Å²) in [5.74, 6) is -0.852. The molecule has 5 nitrogen and oxygen atoms in total. The molecular weight excluding hydrogens is 341 g/mol. The lowest BCUT2D eigenvalue weighted by atomic mass is 10.1. The van der Waals surface area contributed by atoms with Crippen molar-refractivity contribution in [3.63, 3.8) is 0 Å². The first-order valence-corrected chi connectivity index (χ1v) is 7.30. The number of carbonyl (C=O) groups is 1. The molecule has 0 saturated heterocycles. The van der Waals surface area contributed by atoms with E-state index in [2.05, 4.69) is 26.2 Å². The number of aromatic nitrogens is 3. The van der Waals surface area contributed by atoms with E-state index in [1.807, 2.05) is 6.92 Å². The van der Waals surface area contributed by atoms with Gasteiger partial charge in [-0.3, -0.25) is 0 Å². The maximum Gasteiger partial charge on any atom is 0.360 e. The third kappa shape index (κ3) is 3.47. The molecule has 1 aromatic heterocycles. The van der Waals surface area contributed by atoms with Crippen molar-refractivity contribution in [2.75, 3.05) is 7.11 Å². The van der Waals surface area contributed by atoms with Gasteiger partial charge in [-0.1, -0.05) is 34.5 Å². The van der Waals surface area contributed by atoms with Crippen molar-refractivity contribution in [2.45, 2.75) is 26.3 Å². The van der Waals surface area contributed by atoms with E-state index >= 15 is 0 Å². The van der Waals surface area contributed by atoms with Gasteiger partial charge in [0.25, 0.3) is 0 Å². The predicted molar refractivity (Wildman–Crippen MR) is 78.6 cm³/mol. The second kappa shape index (κ2) is 6.80. The summed E-state index contributed by atoms with van der Waals surface area (Å²) < 4.78 is 20.8. The number of carbonyl (C=O) groups excluding carboxylic acids is 1. The van der Waals surface area contributed by atoms with Gasteiger partial charge in [-0.2, -0.15) is 0 Å². The Balaban J connectivity index is 2.37. The molecule has 0 amide bonds. The van der Waals surface area contributed by atoms with Crippen molar-refractivity contribution in [1.29, 1.82) is 0 Å². The van der Waals surface area contributed by atoms with Crippen molar-refractivity contribution in [1.82, 2.24) is 15.0 Å². The van der Waals surface area contributed by atoms with E-state index in [1.54, 1.807) is 16.8 Å². The molecule has 0 unspecified atom stereocenters. The molecule has 112 valence electrons. The van der Waals surface area contributed by atoms with Gasteiger partial charge < -0.3 is 4.74 Å². The molecule has 0 aliphatic heterocycles. The SMILES string of the molecule is CCCc1c(C(=O)OC)nnn1Cc1cc(Br)ccc1F. The molecule has 2 rings (SSSR count). The Morgan fingerprint density at radius 3 is 2.90 bits per heavy atom. The van der Waals surface area contributed by atoms with Crippen LogP contribution >= 0.6 is 15.9 Å². The molecule has 1 heterocycles. The Labute approximate surface area is 130 Å².